The zero-order valence-electron chi connectivity index (χ0n) is 7.48. The van der Waals surface area contributed by atoms with Crippen molar-refractivity contribution < 1.29 is 14.4 Å². The molecule has 0 amide bonds. The van der Waals surface area contributed by atoms with Crippen molar-refractivity contribution in [2.75, 3.05) is 6.61 Å². The number of nitrogens with zero attached hydrogens (tertiary/aromatic N) is 1. The van der Waals surface area contributed by atoms with Crippen molar-refractivity contribution in [2.45, 2.75) is 0 Å². The lowest BCUT2D eigenvalue weighted by molar-refractivity contribution is -0.387. The zero-order valence-corrected chi connectivity index (χ0v) is 8.24. The third kappa shape index (κ3) is 2.74. The number of aliphatic hydroxyl groups excluding tert-OH is 1. The Kier molecular flexibility index (Phi) is 3.76. The van der Waals surface area contributed by atoms with Gasteiger partial charge in [0.05, 0.1) is 16.6 Å². The van der Waals surface area contributed by atoms with Crippen molar-refractivity contribution >= 4 is 23.4 Å². The SMILES string of the molecule is O=[N+]([O-])c1cc(Cl)c(C=CCO)cc1F. The van der Waals surface area contributed by atoms with Crippen LogP contribution in [0.4, 0.5) is 10.1 Å². The highest BCUT2D eigenvalue weighted by atomic mass is 35.5. The van der Waals surface area contributed by atoms with Crippen molar-refractivity contribution in [3.8, 4) is 0 Å². The number of hydrogen-bond donors (Lipinski definition) is 1. The predicted octanol–water partition coefficient (Wildman–Crippen LogP) is 2.39. The highest BCUT2D eigenvalue weighted by molar-refractivity contribution is 6.32. The summed E-state index contributed by atoms with van der Waals surface area (Å²) < 4.78 is 13.1. The molecule has 1 N–H and O–H groups in total. The molecule has 0 saturated carbocycles. The summed E-state index contributed by atoms with van der Waals surface area (Å²) in [7, 11) is 0. The Hall–Kier alpha value is -1.46. The van der Waals surface area contributed by atoms with E-state index < -0.39 is 16.4 Å². The molecule has 0 fully saturated rings. The molecule has 15 heavy (non-hydrogen) atoms. The van der Waals surface area contributed by atoms with Gasteiger partial charge in [0, 0.05) is 6.07 Å². The number of aliphatic hydroxyl groups is 1. The van der Waals surface area contributed by atoms with Crippen molar-refractivity contribution in [3.63, 3.8) is 0 Å². The standard InChI is InChI=1S/C9H7ClFNO3/c10-7-5-9(12(14)15)8(11)4-6(7)2-1-3-13/h1-2,4-5,13H,3H2. The van der Waals surface area contributed by atoms with Crippen molar-refractivity contribution in [3.05, 3.63) is 44.7 Å². The quantitative estimate of drug-likeness (QED) is 0.642. The van der Waals surface area contributed by atoms with Crippen LogP contribution in [0.15, 0.2) is 18.2 Å². The Morgan fingerprint density at radius 3 is 2.80 bits per heavy atom. The first kappa shape index (κ1) is 11.6. The molecule has 1 aromatic rings. The average molecular weight is 232 g/mol. The molecule has 0 unspecified atom stereocenters. The van der Waals surface area contributed by atoms with Gasteiger partial charge in [0.2, 0.25) is 5.82 Å². The maximum atomic E-state index is 13.1. The molecule has 80 valence electrons. The summed E-state index contributed by atoms with van der Waals surface area (Å²) in [4.78, 5) is 9.50. The Morgan fingerprint density at radius 1 is 1.60 bits per heavy atom. The number of nitro groups is 1. The fourth-order valence-electron chi connectivity index (χ4n) is 0.999. The summed E-state index contributed by atoms with van der Waals surface area (Å²) >= 11 is 5.68. The first-order valence-corrected chi connectivity index (χ1v) is 4.35. The molecule has 0 aliphatic rings. The minimum Gasteiger partial charge on any atom is -0.392 e. The van der Waals surface area contributed by atoms with Gasteiger partial charge in [-0.05, 0) is 11.6 Å². The maximum absolute atomic E-state index is 13.1. The Bertz CT molecular complexity index is 420. The van der Waals surface area contributed by atoms with Crippen LogP contribution in [0, 0.1) is 15.9 Å². The third-order valence-electron chi connectivity index (χ3n) is 1.67. The van der Waals surface area contributed by atoms with Crippen LogP contribution in [0.25, 0.3) is 6.08 Å². The summed E-state index contributed by atoms with van der Waals surface area (Å²) in [6, 6.07) is 1.89. The van der Waals surface area contributed by atoms with Crippen LogP contribution in [0.5, 0.6) is 0 Å². The normalized spacial score (nSPS) is 10.9. The second-order valence-corrected chi connectivity index (χ2v) is 3.07. The lowest BCUT2D eigenvalue weighted by atomic mass is 10.2. The summed E-state index contributed by atoms with van der Waals surface area (Å²) in [5.74, 6) is -0.956. The average Bonchev–Trinajstić information content (AvgIpc) is 2.18. The smallest absolute Gasteiger partial charge is 0.306 e. The van der Waals surface area contributed by atoms with Crippen molar-refractivity contribution in [1.29, 1.82) is 0 Å². The van der Waals surface area contributed by atoms with Crippen LogP contribution in [0.3, 0.4) is 0 Å². The van der Waals surface area contributed by atoms with Gasteiger partial charge in [-0.25, -0.2) is 0 Å². The van der Waals surface area contributed by atoms with E-state index in [2.05, 4.69) is 0 Å². The predicted molar refractivity (Wildman–Crippen MR) is 54.2 cm³/mol. The van der Waals surface area contributed by atoms with Gasteiger partial charge < -0.3 is 5.11 Å². The molecule has 0 aliphatic heterocycles. The molecule has 0 heterocycles. The summed E-state index contributed by atoms with van der Waals surface area (Å²) in [6.45, 7) is -0.213. The number of rotatable bonds is 3. The van der Waals surface area contributed by atoms with Gasteiger partial charge in [-0.15, -0.1) is 0 Å². The van der Waals surface area contributed by atoms with Gasteiger partial charge >= 0.3 is 5.69 Å². The maximum Gasteiger partial charge on any atom is 0.306 e. The minimum atomic E-state index is -0.956. The lowest BCUT2D eigenvalue weighted by Crippen LogP contribution is -1.93. The second-order valence-electron chi connectivity index (χ2n) is 2.67. The van der Waals surface area contributed by atoms with Crippen LogP contribution >= 0.6 is 11.6 Å². The molecule has 0 atom stereocenters. The van der Waals surface area contributed by atoms with E-state index in [-0.39, 0.29) is 17.2 Å². The van der Waals surface area contributed by atoms with E-state index >= 15 is 0 Å². The third-order valence-corrected chi connectivity index (χ3v) is 1.99. The van der Waals surface area contributed by atoms with E-state index in [0.717, 1.165) is 12.1 Å². The van der Waals surface area contributed by atoms with Crippen molar-refractivity contribution in [1.82, 2.24) is 0 Å². The van der Waals surface area contributed by atoms with Gasteiger partial charge in [-0.3, -0.25) is 10.1 Å². The van der Waals surface area contributed by atoms with Crippen LogP contribution < -0.4 is 0 Å². The van der Waals surface area contributed by atoms with E-state index in [1.54, 1.807) is 0 Å². The fourth-order valence-corrected chi connectivity index (χ4v) is 1.22. The monoisotopic (exact) mass is 231 g/mol. The van der Waals surface area contributed by atoms with E-state index in [4.69, 9.17) is 16.7 Å². The number of hydrogen-bond acceptors (Lipinski definition) is 3. The topological polar surface area (TPSA) is 63.4 Å². The molecule has 0 aromatic heterocycles. The Labute approximate surface area is 89.8 Å². The number of halogens is 2. The van der Waals surface area contributed by atoms with Crippen molar-refractivity contribution in [2.24, 2.45) is 0 Å². The molecular weight excluding hydrogens is 225 g/mol. The van der Waals surface area contributed by atoms with Crippen LogP contribution in [-0.2, 0) is 0 Å². The summed E-state index contributed by atoms with van der Waals surface area (Å²) in [5, 5.41) is 18.9. The number of nitro benzene ring substituents is 1. The van der Waals surface area contributed by atoms with Gasteiger partial charge in [-0.2, -0.15) is 4.39 Å². The number of benzene rings is 1. The Morgan fingerprint density at radius 2 is 2.27 bits per heavy atom. The Balaban J connectivity index is 3.19. The van der Waals surface area contributed by atoms with Gasteiger partial charge in [0.25, 0.3) is 0 Å². The van der Waals surface area contributed by atoms with Crippen LogP contribution in [0.2, 0.25) is 5.02 Å². The molecular formula is C9H7ClFNO3. The second kappa shape index (κ2) is 4.86. The fraction of sp³-hybridized carbons (Fsp3) is 0.111. The van der Waals surface area contributed by atoms with Crippen LogP contribution in [-0.4, -0.2) is 16.6 Å². The first-order valence-electron chi connectivity index (χ1n) is 3.97. The molecule has 0 bridgehead atoms. The molecule has 1 aromatic carbocycles. The highest BCUT2D eigenvalue weighted by Gasteiger charge is 2.16. The van der Waals surface area contributed by atoms with E-state index in [9.17, 15) is 14.5 Å². The van der Waals surface area contributed by atoms with E-state index in [1.165, 1.54) is 12.2 Å². The van der Waals surface area contributed by atoms with Crippen LogP contribution in [0.1, 0.15) is 5.56 Å². The zero-order chi connectivity index (χ0) is 11.4. The molecule has 0 spiro atoms. The molecule has 1 rings (SSSR count). The summed E-state index contributed by atoms with van der Waals surface area (Å²) in [5.41, 5.74) is -0.380. The molecule has 4 nitrogen and oxygen atoms in total. The molecule has 0 radical (unpaired) electrons. The van der Waals surface area contributed by atoms with Gasteiger partial charge in [0.1, 0.15) is 0 Å². The molecule has 6 heteroatoms. The molecule has 0 saturated heterocycles. The largest absolute Gasteiger partial charge is 0.392 e. The summed E-state index contributed by atoms with van der Waals surface area (Å²) in [6.07, 6.45) is 2.74. The minimum absolute atomic E-state index is 0.0628. The van der Waals surface area contributed by atoms with E-state index in [0.29, 0.717) is 0 Å². The highest BCUT2D eigenvalue weighted by Crippen LogP contribution is 2.26. The van der Waals surface area contributed by atoms with Gasteiger partial charge in [-0.1, -0.05) is 23.8 Å². The molecule has 0 aliphatic carbocycles. The lowest BCUT2D eigenvalue weighted by Gasteiger charge is -1.99. The van der Waals surface area contributed by atoms with E-state index in [1.807, 2.05) is 0 Å². The van der Waals surface area contributed by atoms with Gasteiger partial charge in [0.15, 0.2) is 0 Å². The first-order chi connectivity index (χ1) is 7.06.